The van der Waals surface area contributed by atoms with E-state index in [4.69, 9.17) is 5.11 Å². The SMILES string of the molecule is CCc1ncnc(O)n1. The van der Waals surface area contributed by atoms with E-state index in [1.807, 2.05) is 6.92 Å². The molecular formula is C5H7N3O. The van der Waals surface area contributed by atoms with Crippen LogP contribution in [0.2, 0.25) is 0 Å². The van der Waals surface area contributed by atoms with Gasteiger partial charge in [-0.05, 0) is 0 Å². The van der Waals surface area contributed by atoms with Crippen molar-refractivity contribution >= 4 is 0 Å². The highest BCUT2D eigenvalue weighted by Gasteiger charge is 1.92. The van der Waals surface area contributed by atoms with E-state index < -0.39 is 0 Å². The Morgan fingerprint density at radius 2 is 2.33 bits per heavy atom. The molecule has 0 atom stereocenters. The Morgan fingerprint density at radius 1 is 1.56 bits per heavy atom. The minimum absolute atomic E-state index is 0.207. The monoisotopic (exact) mass is 125 g/mol. The number of rotatable bonds is 1. The van der Waals surface area contributed by atoms with Crippen molar-refractivity contribution < 1.29 is 5.11 Å². The van der Waals surface area contributed by atoms with Gasteiger partial charge in [-0.15, -0.1) is 0 Å². The Morgan fingerprint density at radius 3 is 2.78 bits per heavy atom. The molecule has 0 aliphatic rings. The van der Waals surface area contributed by atoms with Crippen LogP contribution in [0.15, 0.2) is 6.33 Å². The van der Waals surface area contributed by atoms with Gasteiger partial charge in [0.15, 0.2) is 0 Å². The van der Waals surface area contributed by atoms with Gasteiger partial charge in [0, 0.05) is 6.42 Å². The van der Waals surface area contributed by atoms with E-state index in [-0.39, 0.29) is 6.01 Å². The predicted octanol–water partition coefficient (Wildman–Crippen LogP) is 0.140. The molecule has 4 heteroatoms. The maximum absolute atomic E-state index is 8.68. The Kier molecular flexibility index (Phi) is 1.58. The summed E-state index contributed by atoms with van der Waals surface area (Å²) in [7, 11) is 0. The lowest BCUT2D eigenvalue weighted by Crippen LogP contribution is -1.92. The van der Waals surface area contributed by atoms with Crippen molar-refractivity contribution in [3.05, 3.63) is 12.2 Å². The van der Waals surface area contributed by atoms with Crippen LogP contribution in [0.3, 0.4) is 0 Å². The smallest absolute Gasteiger partial charge is 0.317 e. The molecule has 0 aromatic carbocycles. The molecule has 0 aliphatic carbocycles. The zero-order valence-corrected chi connectivity index (χ0v) is 5.07. The molecule has 0 fully saturated rings. The van der Waals surface area contributed by atoms with E-state index in [9.17, 15) is 0 Å². The summed E-state index contributed by atoms with van der Waals surface area (Å²) in [5.74, 6) is 0.613. The van der Waals surface area contributed by atoms with E-state index in [2.05, 4.69) is 15.0 Å². The van der Waals surface area contributed by atoms with Crippen molar-refractivity contribution in [3.8, 4) is 6.01 Å². The van der Waals surface area contributed by atoms with Gasteiger partial charge in [0.2, 0.25) is 0 Å². The van der Waals surface area contributed by atoms with E-state index in [0.717, 1.165) is 6.42 Å². The number of nitrogens with zero attached hydrogens (tertiary/aromatic N) is 3. The highest BCUT2D eigenvalue weighted by Crippen LogP contribution is 1.95. The lowest BCUT2D eigenvalue weighted by atomic mass is 10.5. The summed E-state index contributed by atoms with van der Waals surface area (Å²) in [6.45, 7) is 1.91. The molecule has 9 heavy (non-hydrogen) atoms. The van der Waals surface area contributed by atoms with Crippen LogP contribution in [-0.2, 0) is 6.42 Å². The van der Waals surface area contributed by atoms with Gasteiger partial charge in [0.25, 0.3) is 0 Å². The lowest BCUT2D eigenvalue weighted by Gasteiger charge is -1.91. The van der Waals surface area contributed by atoms with Crippen LogP contribution in [0.4, 0.5) is 0 Å². The second-order valence-corrected chi connectivity index (χ2v) is 1.56. The third-order valence-electron chi connectivity index (χ3n) is 0.925. The normalized spacial score (nSPS) is 9.44. The lowest BCUT2D eigenvalue weighted by molar-refractivity contribution is 0.424. The quantitative estimate of drug-likeness (QED) is 0.580. The second kappa shape index (κ2) is 2.39. The molecule has 1 rings (SSSR count). The summed E-state index contributed by atoms with van der Waals surface area (Å²) >= 11 is 0. The standard InChI is InChI=1S/C5H7N3O/c1-2-4-6-3-7-5(9)8-4/h3H,2H2,1H3,(H,6,7,8,9). The van der Waals surface area contributed by atoms with Crippen LogP contribution in [0.25, 0.3) is 0 Å². The topological polar surface area (TPSA) is 58.9 Å². The first kappa shape index (κ1) is 5.94. The van der Waals surface area contributed by atoms with Crippen LogP contribution in [0.5, 0.6) is 6.01 Å². The molecule has 48 valence electrons. The summed E-state index contributed by atoms with van der Waals surface area (Å²) in [6.07, 6.45) is 2.01. The summed E-state index contributed by atoms with van der Waals surface area (Å²) in [6, 6.07) is -0.207. The van der Waals surface area contributed by atoms with Gasteiger partial charge in [-0.1, -0.05) is 6.92 Å². The Bertz CT molecular complexity index is 201. The fourth-order valence-corrected chi connectivity index (χ4v) is 0.491. The largest absolute Gasteiger partial charge is 0.479 e. The summed E-state index contributed by atoms with van der Waals surface area (Å²) < 4.78 is 0. The first-order valence-corrected chi connectivity index (χ1v) is 2.70. The third kappa shape index (κ3) is 1.35. The van der Waals surface area contributed by atoms with Gasteiger partial charge in [-0.2, -0.15) is 9.97 Å². The molecule has 0 spiro atoms. The van der Waals surface area contributed by atoms with Crippen molar-refractivity contribution in [2.24, 2.45) is 0 Å². The van der Waals surface area contributed by atoms with Crippen molar-refractivity contribution in [1.29, 1.82) is 0 Å². The fraction of sp³-hybridized carbons (Fsp3) is 0.400. The Labute approximate surface area is 52.6 Å². The zero-order valence-electron chi connectivity index (χ0n) is 5.07. The summed E-state index contributed by atoms with van der Waals surface area (Å²) in [5, 5.41) is 8.68. The minimum Gasteiger partial charge on any atom is -0.479 e. The van der Waals surface area contributed by atoms with Gasteiger partial charge in [-0.25, -0.2) is 4.98 Å². The second-order valence-electron chi connectivity index (χ2n) is 1.56. The van der Waals surface area contributed by atoms with Gasteiger partial charge in [-0.3, -0.25) is 0 Å². The molecule has 1 heterocycles. The maximum Gasteiger partial charge on any atom is 0.317 e. The molecule has 0 aliphatic heterocycles. The first-order valence-electron chi connectivity index (χ1n) is 2.70. The highest BCUT2D eigenvalue weighted by atomic mass is 16.3. The molecule has 1 aromatic rings. The predicted molar refractivity (Wildman–Crippen MR) is 30.9 cm³/mol. The number of aryl methyl sites for hydroxylation is 1. The van der Waals surface area contributed by atoms with E-state index in [1.165, 1.54) is 6.33 Å². The van der Waals surface area contributed by atoms with Crippen molar-refractivity contribution in [3.63, 3.8) is 0 Å². The molecular weight excluding hydrogens is 118 g/mol. The van der Waals surface area contributed by atoms with Crippen LogP contribution < -0.4 is 0 Å². The number of aromatic nitrogens is 3. The van der Waals surface area contributed by atoms with Crippen molar-refractivity contribution in [1.82, 2.24) is 15.0 Å². The molecule has 0 radical (unpaired) electrons. The Balaban J connectivity index is 2.94. The van der Waals surface area contributed by atoms with Crippen LogP contribution in [0, 0.1) is 0 Å². The maximum atomic E-state index is 8.68. The number of aromatic hydroxyl groups is 1. The third-order valence-corrected chi connectivity index (χ3v) is 0.925. The fourth-order valence-electron chi connectivity index (χ4n) is 0.491. The zero-order chi connectivity index (χ0) is 6.69. The minimum atomic E-state index is -0.207. The van der Waals surface area contributed by atoms with Crippen LogP contribution in [0.1, 0.15) is 12.7 Å². The van der Waals surface area contributed by atoms with Gasteiger partial charge in [0.1, 0.15) is 12.2 Å². The molecule has 1 N–H and O–H groups in total. The molecule has 0 bridgehead atoms. The van der Waals surface area contributed by atoms with E-state index in [1.54, 1.807) is 0 Å². The molecule has 0 amide bonds. The van der Waals surface area contributed by atoms with Gasteiger partial charge in [0.05, 0.1) is 0 Å². The van der Waals surface area contributed by atoms with E-state index >= 15 is 0 Å². The molecule has 0 saturated carbocycles. The number of hydrogen-bond donors (Lipinski definition) is 1. The van der Waals surface area contributed by atoms with Gasteiger partial charge < -0.3 is 5.11 Å². The average Bonchev–Trinajstić information content (AvgIpc) is 1.88. The molecule has 0 unspecified atom stereocenters. The van der Waals surface area contributed by atoms with E-state index in [0.29, 0.717) is 5.82 Å². The summed E-state index contributed by atoms with van der Waals surface area (Å²) in [4.78, 5) is 10.8. The number of hydrogen-bond acceptors (Lipinski definition) is 4. The Hall–Kier alpha value is -1.19. The van der Waals surface area contributed by atoms with Crippen LogP contribution in [-0.4, -0.2) is 20.1 Å². The van der Waals surface area contributed by atoms with Crippen molar-refractivity contribution in [2.45, 2.75) is 13.3 Å². The molecule has 1 aromatic heterocycles. The average molecular weight is 125 g/mol. The molecule has 4 nitrogen and oxygen atoms in total. The van der Waals surface area contributed by atoms with Crippen molar-refractivity contribution in [2.75, 3.05) is 0 Å². The molecule has 0 saturated heterocycles. The first-order chi connectivity index (χ1) is 4.33. The summed E-state index contributed by atoms with van der Waals surface area (Å²) in [5.41, 5.74) is 0. The van der Waals surface area contributed by atoms with Crippen LogP contribution >= 0.6 is 0 Å². The van der Waals surface area contributed by atoms with Gasteiger partial charge >= 0.3 is 6.01 Å². The highest BCUT2D eigenvalue weighted by molar-refractivity contribution is 4.91.